The lowest BCUT2D eigenvalue weighted by molar-refractivity contribution is -0.144. The molecule has 12 heteroatoms. The summed E-state index contributed by atoms with van der Waals surface area (Å²) >= 11 is 12.8. The van der Waals surface area contributed by atoms with Gasteiger partial charge in [0.25, 0.3) is 11.8 Å². The van der Waals surface area contributed by atoms with Gasteiger partial charge in [0.2, 0.25) is 11.8 Å². The van der Waals surface area contributed by atoms with Gasteiger partial charge in [0, 0.05) is 29.0 Å². The first kappa shape index (κ1) is 34.9. The number of nitrogens with one attached hydrogen (secondary N) is 1. The molecular formula is C42H39Cl2N3O7. The average Bonchev–Trinajstić information content (AvgIpc) is 3.56. The minimum atomic E-state index is -1.50. The van der Waals surface area contributed by atoms with Crippen LogP contribution < -0.4 is 14.9 Å². The zero-order valence-electron chi connectivity index (χ0n) is 29.6. The number of hydrogen-bond donors (Lipinski definition) is 2. The number of imide groups is 2. The second-order valence-corrected chi connectivity index (χ2v) is 16.2. The molecule has 0 aromatic heterocycles. The van der Waals surface area contributed by atoms with E-state index in [1.807, 2.05) is 12.1 Å². The minimum absolute atomic E-state index is 0.0720. The van der Waals surface area contributed by atoms with Crippen LogP contribution in [0.1, 0.15) is 56.1 Å². The Hall–Kier alpha value is -4.80. The molecule has 6 aliphatic rings. The second-order valence-electron chi connectivity index (χ2n) is 15.3. The lowest BCUT2D eigenvalue weighted by Gasteiger charge is -2.51. The summed E-state index contributed by atoms with van der Waals surface area (Å²) in [4.78, 5) is 60.8. The number of likely N-dealkylation sites (tertiary alicyclic amines) is 1. The van der Waals surface area contributed by atoms with Gasteiger partial charge >= 0.3 is 0 Å². The summed E-state index contributed by atoms with van der Waals surface area (Å²) < 4.78 is 11.7. The number of halogens is 2. The molecule has 2 saturated heterocycles. The van der Waals surface area contributed by atoms with E-state index in [-0.39, 0.29) is 35.0 Å². The van der Waals surface area contributed by atoms with Crippen molar-refractivity contribution in [3.05, 3.63) is 105 Å². The van der Waals surface area contributed by atoms with Gasteiger partial charge in [-0.25, -0.2) is 0 Å². The number of benzene rings is 3. The minimum Gasteiger partial charge on any atom is -0.508 e. The van der Waals surface area contributed by atoms with Crippen LogP contribution in [0.3, 0.4) is 0 Å². The second kappa shape index (κ2) is 13.2. The van der Waals surface area contributed by atoms with Crippen LogP contribution in [0.15, 0.2) is 84.1 Å². The highest BCUT2D eigenvalue weighted by molar-refractivity contribution is 6.36. The molecule has 3 aliphatic heterocycles. The molecule has 4 fully saturated rings. The van der Waals surface area contributed by atoms with Crippen molar-refractivity contribution in [3.8, 4) is 17.2 Å². The largest absolute Gasteiger partial charge is 0.508 e. The summed E-state index contributed by atoms with van der Waals surface area (Å²) in [7, 11) is 1.56. The topological polar surface area (TPSA) is 125 Å². The van der Waals surface area contributed by atoms with Crippen LogP contribution in [0.4, 0.5) is 5.69 Å². The summed E-state index contributed by atoms with van der Waals surface area (Å²) in [6.07, 6.45) is 9.17. The van der Waals surface area contributed by atoms with Crippen molar-refractivity contribution < 1.29 is 33.8 Å². The molecule has 278 valence electrons. The fraction of sp³-hybridized carbons (Fsp3) is 0.381. The molecule has 2 N–H and O–H groups in total. The Morgan fingerprint density at radius 1 is 0.907 bits per heavy atom. The van der Waals surface area contributed by atoms with E-state index in [4.69, 9.17) is 32.7 Å². The fourth-order valence-electron chi connectivity index (χ4n) is 10.4. The van der Waals surface area contributed by atoms with Gasteiger partial charge in [0.15, 0.2) is 0 Å². The van der Waals surface area contributed by atoms with Gasteiger partial charge in [-0.05, 0) is 91.3 Å². The normalized spacial score (nSPS) is 29.1. The van der Waals surface area contributed by atoms with Crippen LogP contribution in [0, 0.1) is 29.6 Å². The average molecular weight is 769 g/mol. The third-order valence-corrected chi connectivity index (χ3v) is 13.2. The molecule has 0 bridgehead atoms. The first-order chi connectivity index (χ1) is 26.1. The summed E-state index contributed by atoms with van der Waals surface area (Å²) in [5.74, 6) is -3.40. The SMILES string of the molecule is COc1ccc([C@@]23C(=O)N(Nc4ccc(Cl)cc4Cl)C(=O)[C@@H]2C[C@@H]2C(=CC[C@@H]4C(=O)N(C5CCCCC5)C(=O)[C@@H]42)[C@@H]3C2=COc3ccc(O)cc3C2)cc1. The number of hydrazine groups is 1. The van der Waals surface area contributed by atoms with E-state index in [1.54, 1.807) is 60.7 Å². The maximum Gasteiger partial charge on any atom is 0.260 e. The first-order valence-electron chi connectivity index (χ1n) is 18.6. The highest BCUT2D eigenvalue weighted by Gasteiger charge is 2.71. The van der Waals surface area contributed by atoms with E-state index in [1.165, 1.54) is 6.07 Å². The molecule has 0 spiro atoms. The third kappa shape index (κ3) is 5.20. The molecule has 54 heavy (non-hydrogen) atoms. The number of carbonyl (C=O) groups excluding carboxylic acids is 4. The van der Waals surface area contributed by atoms with Crippen LogP contribution in [0.25, 0.3) is 0 Å². The van der Waals surface area contributed by atoms with Crippen LogP contribution in [0.2, 0.25) is 10.0 Å². The highest BCUT2D eigenvalue weighted by Crippen LogP contribution is 2.63. The molecule has 3 heterocycles. The highest BCUT2D eigenvalue weighted by atomic mass is 35.5. The first-order valence-corrected chi connectivity index (χ1v) is 19.4. The molecule has 6 atom stereocenters. The molecule has 2 saturated carbocycles. The quantitative estimate of drug-likeness (QED) is 0.197. The monoisotopic (exact) mass is 767 g/mol. The Balaban J connectivity index is 1.22. The Morgan fingerprint density at radius 2 is 1.69 bits per heavy atom. The van der Waals surface area contributed by atoms with Crippen LogP contribution in [-0.4, -0.2) is 51.8 Å². The standard InChI is InChI=1S/C42H39Cl2N3O7/c1-53-28-11-7-24(8-12-28)42-32(39(50)47(41(42)52)45-34-15-9-25(43)19-33(34)44)20-31-29(37(42)23-17-22-18-27(48)10-16-35(22)54-21-23)13-14-30-36(31)40(51)46(38(30)49)26-5-3-2-4-6-26/h7-13,15-16,18-19,21,26,30-32,36-37,45,48H,2-6,14,17,20H2,1H3/t30-,31+,32-,36-,37-,42+/m0/s1. The zero-order chi connectivity index (χ0) is 37.5. The number of aromatic hydroxyl groups is 1. The van der Waals surface area contributed by atoms with E-state index in [9.17, 15) is 14.7 Å². The van der Waals surface area contributed by atoms with Gasteiger partial charge in [-0.2, -0.15) is 5.01 Å². The van der Waals surface area contributed by atoms with Crippen molar-refractivity contribution >= 4 is 52.5 Å². The van der Waals surface area contributed by atoms with Crippen molar-refractivity contribution in [2.45, 2.75) is 62.8 Å². The number of phenols is 1. The molecule has 10 nitrogen and oxygen atoms in total. The molecule has 3 aromatic carbocycles. The lowest BCUT2D eigenvalue weighted by Crippen LogP contribution is -2.55. The fourth-order valence-corrected chi connectivity index (χ4v) is 10.8. The maximum absolute atomic E-state index is 15.5. The molecule has 4 amide bonds. The Morgan fingerprint density at radius 3 is 2.43 bits per heavy atom. The Bertz CT molecular complexity index is 2160. The Labute approximate surface area is 322 Å². The molecule has 3 aromatic rings. The third-order valence-electron chi connectivity index (χ3n) is 12.7. The molecular weight excluding hydrogens is 729 g/mol. The number of nitrogens with zero attached hydrogens (tertiary/aromatic N) is 2. The summed E-state index contributed by atoms with van der Waals surface area (Å²) in [5.41, 5.74) is 4.75. The number of amides is 4. The van der Waals surface area contributed by atoms with E-state index in [2.05, 4.69) is 11.5 Å². The van der Waals surface area contributed by atoms with E-state index in [0.29, 0.717) is 40.6 Å². The van der Waals surface area contributed by atoms with Crippen molar-refractivity contribution in [2.24, 2.45) is 29.6 Å². The number of allylic oxidation sites excluding steroid dienone is 3. The number of rotatable bonds is 6. The summed E-state index contributed by atoms with van der Waals surface area (Å²) in [5, 5.41) is 12.2. The number of carbonyl (C=O) groups is 4. The van der Waals surface area contributed by atoms with Crippen molar-refractivity contribution in [3.63, 3.8) is 0 Å². The number of fused-ring (bicyclic) bond motifs is 5. The van der Waals surface area contributed by atoms with Crippen LogP contribution in [0.5, 0.6) is 17.2 Å². The van der Waals surface area contributed by atoms with E-state index < -0.39 is 46.8 Å². The molecule has 9 rings (SSSR count). The van der Waals surface area contributed by atoms with Crippen LogP contribution >= 0.6 is 23.2 Å². The molecule has 0 radical (unpaired) electrons. The number of methoxy groups -OCH3 is 1. The summed E-state index contributed by atoms with van der Waals surface area (Å²) in [6.45, 7) is 0. The van der Waals surface area contributed by atoms with Gasteiger partial charge in [0.05, 0.1) is 47.3 Å². The van der Waals surface area contributed by atoms with Gasteiger partial charge < -0.3 is 14.6 Å². The predicted octanol–water partition coefficient (Wildman–Crippen LogP) is 7.38. The molecule has 0 unspecified atom stereocenters. The van der Waals surface area contributed by atoms with Crippen molar-refractivity contribution in [1.82, 2.24) is 9.91 Å². The van der Waals surface area contributed by atoms with Gasteiger partial charge in [0.1, 0.15) is 17.2 Å². The molecule has 3 aliphatic carbocycles. The van der Waals surface area contributed by atoms with Crippen molar-refractivity contribution in [1.29, 1.82) is 0 Å². The van der Waals surface area contributed by atoms with Crippen LogP contribution in [-0.2, 0) is 31.0 Å². The van der Waals surface area contributed by atoms with Gasteiger partial charge in [-0.3, -0.25) is 29.5 Å². The zero-order valence-corrected chi connectivity index (χ0v) is 31.1. The smallest absolute Gasteiger partial charge is 0.260 e. The number of hydrogen-bond acceptors (Lipinski definition) is 8. The maximum atomic E-state index is 15.5. The van der Waals surface area contributed by atoms with Gasteiger partial charge in [-0.1, -0.05) is 66.2 Å². The number of ether oxygens (including phenoxy) is 2. The van der Waals surface area contributed by atoms with E-state index in [0.717, 1.165) is 53.8 Å². The number of anilines is 1. The van der Waals surface area contributed by atoms with Crippen molar-refractivity contribution in [2.75, 3.05) is 12.5 Å². The number of phenolic OH excluding ortho intramolecular Hbond substituents is 1. The predicted molar refractivity (Wildman–Crippen MR) is 201 cm³/mol. The van der Waals surface area contributed by atoms with E-state index >= 15 is 9.59 Å². The van der Waals surface area contributed by atoms with Gasteiger partial charge in [-0.15, -0.1) is 0 Å². The summed E-state index contributed by atoms with van der Waals surface area (Å²) in [6, 6.07) is 16.7. The lowest BCUT2D eigenvalue weighted by atomic mass is 9.48. The Kier molecular flexibility index (Phi) is 8.54.